The Bertz CT molecular complexity index is 1330. The van der Waals surface area contributed by atoms with Gasteiger partial charge in [0.25, 0.3) is 5.56 Å². The lowest BCUT2D eigenvalue weighted by atomic mass is 9.96. The van der Waals surface area contributed by atoms with Crippen molar-refractivity contribution in [2.24, 2.45) is 0 Å². The van der Waals surface area contributed by atoms with Crippen LogP contribution in [-0.4, -0.2) is 20.9 Å². The fourth-order valence-electron chi connectivity index (χ4n) is 3.93. The zero-order chi connectivity index (χ0) is 22.0. The first-order chi connectivity index (χ1) is 15.0. The van der Waals surface area contributed by atoms with Crippen molar-refractivity contribution in [1.82, 2.24) is 15.0 Å². The van der Waals surface area contributed by atoms with Crippen LogP contribution in [-0.2, 0) is 17.6 Å². The van der Waals surface area contributed by atoms with E-state index in [1.165, 1.54) is 0 Å². The Morgan fingerprint density at radius 3 is 2.32 bits per heavy atom. The number of para-hydroxylation sites is 2. The molecule has 0 amide bonds. The standard InChI is InChI=1S/C25H25N3O3/c1-4-10-19-16(5-2)22(17-11-6-8-13-20(17)26-19)25(30)31-15(3)23-27-21-14-9-7-12-18(21)24(29)28-23/h6-9,11-15H,4-5,10H2,1-3H3,(H,27,28,29). The molecular formula is C25H25N3O3. The summed E-state index contributed by atoms with van der Waals surface area (Å²) in [7, 11) is 0. The van der Waals surface area contributed by atoms with Crippen molar-refractivity contribution in [1.29, 1.82) is 0 Å². The van der Waals surface area contributed by atoms with Crippen molar-refractivity contribution >= 4 is 27.8 Å². The number of ether oxygens (including phenoxy) is 1. The monoisotopic (exact) mass is 415 g/mol. The Morgan fingerprint density at radius 2 is 1.65 bits per heavy atom. The Kier molecular flexibility index (Phi) is 5.80. The van der Waals surface area contributed by atoms with Gasteiger partial charge in [-0.15, -0.1) is 0 Å². The molecule has 0 saturated heterocycles. The normalized spacial score (nSPS) is 12.2. The van der Waals surface area contributed by atoms with Gasteiger partial charge in [-0.3, -0.25) is 9.78 Å². The number of hydrogen-bond donors (Lipinski definition) is 1. The average molecular weight is 415 g/mol. The van der Waals surface area contributed by atoms with Crippen LogP contribution in [0.2, 0.25) is 0 Å². The van der Waals surface area contributed by atoms with Crippen LogP contribution in [0.5, 0.6) is 0 Å². The van der Waals surface area contributed by atoms with Crippen LogP contribution in [0.4, 0.5) is 0 Å². The van der Waals surface area contributed by atoms with Gasteiger partial charge in [0.1, 0.15) is 0 Å². The Balaban J connectivity index is 1.75. The lowest BCUT2D eigenvalue weighted by Crippen LogP contribution is -2.19. The predicted octanol–water partition coefficient (Wildman–Crippen LogP) is 4.90. The molecule has 0 bridgehead atoms. The van der Waals surface area contributed by atoms with Crippen molar-refractivity contribution in [2.75, 3.05) is 0 Å². The first-order valence-electron chi connectivity index (χ1n) is 10.6. The molecule has 0 fully saturated rings. The van der Waals surface area contributed by atoms with E-state index in [1.54, 1.807) is 25.1 Å². The number of aromatic amines is 1. The van der Waals surface area contributed by atoms with Crippen LogP contribution >= 0.6 is 0 Å². The Hall–Kier alpha value is -3.54. The number of carbonyl (C=O) groups excluding carboxylic acids is 1. The molecule has 0 aliphatic heterocycles. The van der Waals surface area contributed by atoms with Gasteiger partial charge in [-0.1, -0.05) is 50.6 Å². The molecule has 2 aromatic heterocycles. The number of rotatable bonds is 6. The Morgan fingerprint density at radius 1 is 1.00 bits per heavy atom. The number of benzene rings is 2. The largest absolute Gasteiger partial charge is 0.451 e. The summed E-state index contributed by atoms with van der Waals surface area (Å²) in [5.41, 5.74) is 3.49. The molecular weight excluding hydrogens is 390 g/mol. The lowest BCUT2D eigenvalue weighted by molar-refractivity contribution is 0.0321. The second kappa shape index (κ2) is 8.68. The third-order valence-electron chi connectivity index (χ3n) is 5.42. The summed E-state index contributed by atoms with van der Waals surface area (Å²) in [6, 6.07) is 14.7. The number of esters is 1. The molecule has 0 aliphatic rings. The van der Waals surface area contributed by atoms with Crippen molar-refractivity contribution < 1.29 is 9.53 Å². The highest BCUT2D eigenvalue weighted by molar-refractivity contribution is 6.05. The van der Waals surface area contributed by atoms with Crippen LogP contribution in [0.3, 0.4) is 0 Å². The van der Waals surface area contributed by atoms with Crippen LogP contribution in [0.15, 0.2) is 53.3 Å². The van der Waals surface area contributed by atoms with Gasteiger partial charge < -0.3 is 9.72 Å². The summed E-state index contributed by atoms with van der Waals surface area (Å²) in [6.07, 6.45) is 1.70. The fourth-order valence-corrected chi connectivity index (χ4v) is 3.93. The van der Waals surface area contributed by atoms with Crippen molar-refractivity contribution in [3.63, 3.8) is 0 Å². The number of hydrogen-bond acceptors (Lipinski definition) is 5. The van der Waals surface area contributed by atoms with Crippen molar-refractivity contribution in [3.05, 3.63) is 81.5 Å². The maximum Gasteiger partial charge on any atom is 0.339 e. The average Bonchev–Trinajstić information content (AvgIpc) is 2.78. The van der Waals surface area contributed by atoms with E-state index in [-0.39, 0.29) is 5.56 Å². The van der Waals surface area contributed by atoms with Crippen LogP contribution < -0.4 is 5.56 Å². The van der Waals surface area contributed by atoms with E-state index in [2.05, 4.69) is 16.9 Å². The molecule has 4 aromatic rings. The highest BCUT2D eigenvalue weighted by Gasteiger charge is 2.23. The van der Waals surface area contributed by atoms with Gasteiger partial charge in [-0.25, -0.2) is 9.78 Å². The fraction of sp³-hybridized carbons (Fsp3) is 0.280. The summed E-state index contributed by atoms with van der Waals surface area (Å²) < 4.78 is 5.81. The first-order valence-corrected chi connectivity index (χ1v) is 10.6. The summed E-state index contributed by atoms with van der Waals surface area (Å²) in [4.78, 5) is 37.8. The summed E-state index contributed by atoms with van der Waals surface area (Å²) in [5.74, 6) is -0.113. The van der Waals surface area contributed by atoms with Crippen molar-refractivity contribution in [3.8, 4) is 0 Å². The molecule has 0 aliphatic carbocycles. The van der Waals surface area contributed by atoms with Gasteiger partial charge in [0.05, 0.1) is 22.0 Å². The number of nitrogens with one attached hydrogen (secondary N) is 1. The second-order valence-corrected chi connectivity index (χ2v) is 7.55. The molecule has 2 heterocycles. The first kappa shape index (κ1) is 20.7. The molecule has 4 rings (SSSR count). The van der Waals surface area contributed by atoms with E-state index < -0.39 is 12.1 Å². The van der Waals surface area contributed by atoms with Gasteiger partial charge >= 0.3 is 5.97 Å². The maximum atomic E-state index is 13.4. The van der Waals surface area contributed by atoms with Gasteiger partial charge in [-0.2, -0.15) is 0 Å². The highest BCUT2D eigenvalue weighted by atomic mass is 16.5. The number of fused-ring (bicyclic) bond motifs is 2. The molecule has 0 radical (unpaired) electrons. The van der Waals surface area contributed by atoms with Gasteiger partial charge in [0, 0.05) is 11.1 Å². The van der Waals surface area contributed by atoms with Gasteiger partial charge in [0.2, 0.25) is 0 Å². The number of carbonyl (C=O) groups is 1. The third-order valence-corrected chi connectivity index (χ3v) is 5.42. The van der Waals surface area contributed by atoms with E-state index in [0.29, 0.717) is 28.7 Å². The van der Waals surface area contributed by atoms with E-state index in [0.717, 1.165) is 35.0 Å². The summed E-state index contributed by atoms with van der Waals surface area (Å²) >= 11 is 0. The molecule has 2 aromatic carbocycles. The van der Waals surface area contributed by atoms with Crippen molar-refractivity contribution in [2.45, 2.75) is 46.1 Å². The Labute approximate surface area is 180 Å². The molecule has 0 spiro atoms. The number of pyridine rings is 1. The lowest BCUT2D eigenvalue weighted by Gasteiger charge is -2.18. The third kappa shape index (κ3) is 3.93. The molecule has 1 atom stereocenters. The summed E-state index contributed by atoms with van der Waals surface area (Å²) in [6.45, 7) is 5.83. The molecule has 1 unspecified atom stereocenters. The second-order valence-electron chi connectivity index (χ2n) is 7.55. The van der Waals surface area contributed by atoms with Crippen LogP contribution in [0.1, 0.15) is 60.7 Å². The van der Waals surface area contributed by atoms with E-state index in [1.807, 2.05) is 37.3 Å². The highest BCUT2D eigenvalue weighted by Crippen LogP contribution is 2.27. The number of aromatic nitrogens is 3. The SMILES string of the molecule is CCCc1nc2ccccc2c(C(=O)OC(C)c2nc3ccccc3c(=O)[nH]2)c1CC. The molecule has 31 heavy (non-hydrogen) atoms. The predicted molar refractivity (Wildman–Crippen MR) is 121 cm³/mol. The molecule has 6 nitrogen and oxygen atoms in total. The summed E-state index contributed by atoms with van der Waals surface area (Å²) in [5, 5.41) is 1.28. The molecule has 0 saturated carbocycles. The number of aryl methyl sites for hydroxylation is 1. The van der Waals surface area contributed by atoms with E-state index >= 15 is 0 Å². The number of nitrogens with zero attached hydrogens (tertiary/aromatic N) is 2. The minimum atomic E-state index is -0.712. The zero-order valence-corrected chi connectivity index (χ0v) is 17.9. The molecule has 1 N–H and O–H groups in total. The molecule has 6 heteroatoms. The van der Waals surface area contributed by atoms with E-state index in [4.69, 9.17) is 9.72 Å². The smallest absolute Gasteiger partial charge is 0.339 e. The minimum Gasteiger partial charge on any atom is -0.451 e. The minimum absolute atomic E-state index is 0.252. The molecule has 158 valence electrons. The maximum absolute atomic E-state index is 13.4. The quantitative estimate of drug-likeness (QED) is 0.453. The van der Waals surface area contributed by atoms with Crippen LogP contribution in [0.25, 0.3) is 21.8 Å². The van der Waals surface area contributed by atoms with Gasteiger partial charge in [-0.05, 0) is 43.5 Å². The van der Waals surface area contributed by atoms with E-state index in [9.17, 15) is 9.59 Å². The zero-order valence-electron chi connectivity index (χ0n) is 17.9. The number of H-pyrrole nitrogens is 1. The van der Waals surface area contributed by atoms with Crippen LogP contribution in [0, 0.1) is 0 Å². The topological polar surface area (TPSA) is 84.9 Å². The van der Waals surface area contributed by atoms with Gasteiger partial charge in [0.15, 0.2) is 11.9 Å².